The van der Waals surface area contributed by atoms with Crippen LogP contribution < -0.4 is 26.2 Å². The van der Waals surface area contributed by atoms with Crippen molar-refractivity contribution >= 4 is 51.1 Å². The summed E-state index contributed by atoms with van der Waals surface area (Å²) in [5, 5.41) is 13.9. The van der Waals surface area contributed by atoms with Crippen LogP contribution in [-0.4, -0.2) is 23.5 Å². The maximum atomic E-state index is 14.2. The predicted octanol–water partition coefficient (Wildman–Crippen LogP) is 5.01. The minimum atomic E-state index is -2.54. The van der Waals surface area contributed by atoms with E-state index in [-0.39, 0.29) is 5.91 Å². The number of nitrogens with one attached hydrogen (secondary N) is 1. The van der Waals surface area contributed by atoms with Crippen LogP contribution in [0, 0.1) is 0 Å². The molecule has 0 aliphatic carbocycles. The van der Waals surface area contributed by atoms with Crippen LogP contribution in [0.1, 0.15) is 13.8 Å². The first-order chi connectivity index (χ1) is 17.2. The molecule has 1 amide bonds. The van der Waals surface area contributed by atoms with Gasteiger partial charge in [-0.3, -0.25) is 4.79 Å². The molecule has 0 atom stereocenters. The Labute approximate surface area is 206 Å². The number of hydrogen-bond acceptors (Lipinski definition) is 3. The molecular weight excluding hydrogens is 449 g/mol. The first kappa shape index (κ1) is 22.9. The summed E-state index contributed by atoms with van der Waals surface area (Å²) in [5.41, 5.74) is 2.60. The monoisotopic (exact) mass is 477 g/mol. The summed E-state index contributed by atoms with van der Waals surface area (Å²) in [7, 11) is 0. The molecule has 4 aromatic carbocycles. The molecule has 1 N–H and O–H groups in total. The van der Waals surface area contributed by atoms with E-state index in [4.69, 9.17) is 5.10 Å². The maximum Gasteiger partial charge on any atom is 0.281 e. The van der Waals surface area contributed by atoms with Gasteiger partial charge >= 0.3 is 0 Å². The lowest BCUT2D eigenvalue weighted by Crippen LogP contribution is -2.37. The molecular formula is C30H28N3OP. The van der Waals surface area contributed by atoms with E-state index in [1.807, 2.05) is 49.4 Å². The Bertz CT molecular complexity index is 1370. The minimum Gasteiger partial charge on any atom is -0.385 e. The molecule has 174 valence electrons. The second-order valence-corrected chi connectivity index (χ2v) is 11.7. The lowest BCUT2D eigenvalue weighted by molar-refractivity contribution is -0.112. The van der Waals surface area contributed by atoms with E-state index >= 15 is 0 Å². The topological polar surface area (TPSA) is 44.7 Å². The summed E-state index contributed by atoms with van der Waals surface area (Å²) < 4.78 is 0. The van der Waals surface area contributed by atoms with Crippen LogP contribution in [0.25, 0.3) is 0 Å². The van der Waals surface area contributed by atoms with Gasteiger partial charge in [0, 0.05) is 12.2 Å². The molecule has 0 spiro atoms. The molecule has 0 bridgehead atoms. The zero-order valence-corrected chi connectivity index (χ0v) is 20.8. The molecule has 1 aliphatic rings. The number of rotatable bonds is 6. The standard InChI is InChI=1S/C30H28N3OP/c1-3-31-24-19-21-28(22-20-24)35(26-15-9-5-10-16-26,27-17-11-6-12-18-27)29-23(2)32-33(30(29)34)25-13-7-4-8-14-25/h4-22,31H,3H2,1-2H3. The van der Waals surface area contributed by atoms with Crippen molar-refractivity contribution in [3.05, 3.63) is 115 Å². The fourth-order valence-electron chi connectivity index (χ4n) is 4.77. The van der Waals surface area contributed by atoms with E-state index in [0.29, 0.717) is 0 Å². The van der Waals surface area contributed by atoms with E-state index in [1.54, 1.807) is 5.01 Å². The van der Waals surface area contributed by atoms with Gasteiger partial charge in [-0.25, -0.2) is 0 Å². The average molecular weight is 478 g/mol. The second kappa shape index (κ2) is 9.77. The summed E-state index contributed by atoms with van der Waals surface area (Å²) in [6, 6.07) is 39.1. The largest absolute Gasteiger partial charge is 0.385 e. The normalized spacial score (nSPS) is 13.7. The van der Waals surface area contributed by atoms with Crippen molar-refractivity contribution in [2.24, 2.45) is 5.10 Å². The lowest BCUT2D eigenvalue weighted by atomic mass is 10.3. The van der Waals surface area contributed by atoms with E-state index in [1.165, 1.54) is 0 Å². The van der Waals surface area contributed by atoms with Gasteiger partial charge in [-0.05, 0) is 60.9 Å². The van der Waals surface area contributed by atoms with Crippen molar-refractivity contribution in [3.8, 4) is 0 Å². The van der Waals surface area contributed by atoms with Crippen LogP contribution in [0.3, 0.4) is 0 Å². The Hall–Kier alpha value is -3.88. The highest BCUT2D eigenvalue weighted by atomic mass is 31.2. The molecule has 35 heavy (non-hydrogen) atoms. The van der Waals surface area contributed by atoms with E-state index < -0.39 is 6.89 Å². The van der Waals surface area contributed by atoms with Gasteiger partial charge in [0.1, 0.15) is 0 Å². The smallest absolute Gasteiger partial charge is 0.281 e. The van der Waals surface area contributed by atoms with Gasteiger partial charge in [0.15, 0.2) is 0 Å². The third-order valence-electron chi connectivity index (χ3n) is 6.25. The molecule has 0 unspecified atom stereocenters. The fraction of sp³-hybridized carbons (Fsp3) is 0.100. The van der Waals surface area contributed by atoms with Gasteiger partial charge in [-0.2, -0.15) is 10.1 Å². The van der Waals surface area contributed by atoms with Gasteiger partial charge in [-0.1, -0.05) is 91.0 Å². The molecule has 0 saturated carbocycles. The number of benzene rings is 4. The number of hydrogen-bond donors (Lipinski definition) is 1. The summed E-state index contributed by atoms with van der Waals surface area (Å²) in [6.07, 6.45) is 0. The summed E-state index contributed by atoms with van der Waals surface area (Å²) in [5.74, 6) is -0.0644. The maximum absolute atomic E-state index is 14.2. The van der Waals surface area contributed by atoms with Crippen LogP contribution in [0.2, 0.25) is 0 Å². The van der Waals surface area contributed by atoms with Crippen LogP contribution in [0.4, 0.5) is 11.4 Å². The number of hydrazone groups is 1. The van der Waals surface area contributed by atoms with E-state index in [9.17, 15) is 4.79 Å². The van der Waals surface area contributed by atoms with Gasteiger partial charge in [0.2, 0.25) is 0 Å². The van der Waals surface area contributed by atoms with E-state index in [0.717, 1.165) is 44.8 Å². The van der Waals surface area contributed by atoms with Crippen molar-refractivity contribution in [2.75, 3.05) is 16.9 Å². The SMILES string of the molecule is CCNc1ccc(P(=C2C(=O)N(c3ccccc3)N=C2C)(c2ccccc2)c2ccccc2)cc1. The summed E-state index contributed by atoms with van der Waals surface area (Å²) >= 11 is 0. The van der Waals surface area contributed by atoms with Crippen molar-refractivity contribution in [1.29, 1.82) is 0 Å². The molecule has 5 rings (SSSR count). The number of carbonyl (C=O) groups excluding carboxylic acids is 1. The van der Waals surface area contributed by atoms with E-state index in [2.05, 4.69) is 85.0 Å². The van der Waals surface area contributed by atoms with Gasteiger partial charge in [0.25, 0.3) is 5.91 Å². The average Bonchev–Trinajstić information content (AvgIpc) is 3.22. The number of carbonyl (C=O) groups is 1. The Balaban J connectivity index is 1.88. The molecule has 5 heteroatoms. The first-order valence-corrected chi connectivity index (χ1v) is 13.6. The fourth-order valence-corrected chi connectivity index (χ4v) is 9.19. The Morgan fingerprint density at radius 1 is 0.714 bits per heavy atom. The quantitative estimate of drug-likeness (QED) is 0.397. The highest BCUT2D eigenvalue weighted by molar-refractivity contribution is 7.97. The van der Waals surface area contributed by atoms with Crippen LogP contribution >= 0.6 is 6.89 Å². The lowest BCUT2D eigenvalue weighted by Gasteiger charge is -2.31. The molecule has 4 aromatic rings. The van der Waals surface area contributed by atoms with Gasteiger partial charge in [-0.15, -0.1) is 0 Å². The third kappa shape index (κ3) is 4.00. The molecule has 1 heterocycles. The molecule has 0 radical (unpaired) electrons. The zero-order chi connectivity index (χ0) is 24.3. The molecule has 0 fully saturated rings. The zero-order valence-electron chi connectivity index (χ0n) is 19.9. The molecule has 4 nitrogen and oxygen atoms in total. The van der Waals surface area contributed by atoms with Crippen molar-refractivity contribution in [2.45, 2.75) is 13.8 Å². The van der Waals surface area contributed by atoms with Gasteiger partial charge < -0.3 is 5.32 Å². The molecule has 1 aliphatic heterocycles. The second-order valence-electron chi connectivity index (χ2n) is 8.41. The minimum absolute atomic E-state index is 0.0644. The van der Waals surface area contributed by atoms with Crippen LogP contribution in [0.5, 0.6) is 0 Å². The summed E-state index contributed by atoms with van der Waals surface area (Å²) in [6.45, 7) is 2.36. The third-order valence-corrected chi connectivity index (χ3v) is 10.7. The number of nitrogens with zero attached hydrogens (tertiary/aromatic N) is 2. The Morgan fingerprint density at radius 2 is 1.20 bits per heavy atom. The predicted molar refractivity (Wildman–Crippen MR) is 151 cm³/mol. The Kier molecular flexibility index (Phi) is 6.39. The first-order valence-electron chi connectivity index (χ1n) is 11.8. The molecule has 0 saturated heterocycles. The summed E-state index contributed by atoms with van der Waals surface area (Å²) in [4.78, 5) is 14.2. The van der Waals surface area contributed by atoms with Crippen molar-refractivity contribution < 1.29 is 4.79 Å². The van der Waals surface area contributed by atoms with Gasteiger partial charge in [0.05, 0.1) is 16.7 Å². The highest BCUT2D eigenvalue weighted by Crippen LogP contribution is 2.48. The number of para-hydroxylation sites is 1. The van der Waals surface area contributed by atoms with Crippen molar-refractivity contribution in [1.82, 2.24) is 0 Å². The Morgan fingerprint density at radius 3 is 1.71 bits per heavy atom. The van der Waals surface area contributed by atoms with Crippen molar-refractivity contribution in [3.63, 3.8) is 0 Å². The van der Waals surface area contributed by atoms with Crippen LogP contribution in [-0.2, 0) is 4.79 Å². The van der Waals surface area contributed by atoms with Crippen LogP contribution in [0.15, 0.2) is 120 Å². The molecule has 0 aromatic heterocycles. The number of amides is 1. The number of anilines is 2. The highest BCUT2D eigenvalue weighted by Gasteiger charge is 2.40.